The predicted octanol–water partition coefficient (Wildman–Crippen LogP) is 8.48. The van der Waals surface area contributed by atoms with Crippen molar-refractivity contribution in [2.45, 2.75) is 45.9 Å². The van der Waals surface area contributed by atoms with E-state index in [1.165, 1.54) is 11.6 Å². The van der Waals surface area contributed by atoms with E-state index in [2.05, 4.69) is 18.6 Å². The fourth-order valence-electron chi connectivity index (χ4n) is 2.02. The summed E-state index contributed by atoms with van der Waals surface area (Å²) in [6.07, 6.45) is -4.68. The van der Waals surface area contributed by atoms with Crippen molar-refractivity contribution in [3.63, 3.8) is 0 Å². The molecule has 0 aliphatic carbocycles. The van der Waals surface area contributed by atoms with Gasteiger partial charge in [0.25, 0.3) is 0 Å². The molecule has 0 spiro atoms. The molecular formula is C19H20Cl3F3O. The van der Waals surface area contributed by atoms with Crippen LogP contribution in [0, 0.1) is 0 Å². The Bertz CT molecular complexity index is 708. The van der Waals surface area contributed by atoms with Gasteiger partial charge in [0.1, 0.15) is 5.75 Å². The largest absolute Gasteiger partial charge is 0.573 e. The molecule has 0 N–H and O–H groups in total. The van der Waals surface area contributed by atoms with Crippen LogP contribution >= 0.6 is 34.8 Å². The normalized spacial score (nSPS) is 11.4. The lowest BCUT2D eigenvalue weighted by Crippen LogP contribution is -2.17. The molecule has 0 saturated carbocycles. The summed E-state index contributed by atoms with van der Waals surface area (Å²) in [4.78, 5) is 0. The van der Waals surface area contributed by atoms with Gasteiger partial charge < -0.3 is 4.74 Å². The third kappa shape index (κ3) is 8.52. The van der Waals surface area contributed by atoms with Gasteiger partial charge in [-0.3, -0.25) is 0 Å². The van der Waals surface area contributed by atoms with Crippen LogP contribution in [0.15, 0.2) is 36.4 Å². The highest BCUT2D eigenvalue weighted by molar-refractivity contribution is 6.34. The average Bonchev–Trinajstić information content (AvgIpc) is 2.44. The van der Waals surface area contributed by atoms with E-state index in [4.69, 9.17) is 34.8 Å². The van der Waals surface area contributed by atoms with E-state index >= 15 is 0 Å². The molecular weight excluding hydrogens is 408 g/mol. The molecule has 0 atom stereocenters. The topological polar surface area (TPSA) is 9.23 Å². The van der Waals surface area contributed by atoms with Gasteiger partial charge in [0.05, 0.1) is 0 Å². The van der Waals surface area contributed by atoms with Crippen LogP contribution in [0.3, 0.4) is 0 Å². The molecule has 0 aliphatic heterocycles. The fourth-order valence-corrected chi connectivity index (χ4v) is 2.80. The zero-order valence-electron chi connectivity index (χ0n) is 14.8. The van der Waals surface area contributed by atoms with Gasteiger partial charge in [0.15, 0.2) is 0 Å². The summed E-state index contributed by atoms with van der Waals surface area (Å²) >= 11 is 17.3. The standard InChI is InChI=1S/C10H10ClF3O.C9H10Cl2/c1-6(2)7-3-8(11)5-9(4-7)15-10(12,13)14;1-6(2)7-3-8(10)5-9(11)4-7/h3-6H,1-2H3;3-6H,1-2H3. The molecule has 0 aliphatic rings. The van der Waals surface area contributed by atoms with Crippen LogP contribution in [-0.2, 0) is 0 Å². The maximum absolute atomic E-state index is 11.9. The first kappa shape index (κ1) is 22.9. The summed E-state index contributed by atoms with van der Waals surface area (Å²) in [5.74, 6) is 0.296. The van der Waals surface area contributed by atoms with Crippen molar-refractivity contribution >= 4 is 34.8 Å². The van der Waals surface area contributed by atoms with Crippen LogP contribution in [0.4, 0.5) is 13.2 Å². The van der Waals surface area contributed by atoms with Crippen molar-refractivity contribution in [3.8, 4) is 5.75 Å². The summed E-state index contributed by atoms with van der Waals surface area (Å²) in [7, 11) is 0. The van der Waals surface area contributed by atoms with E-state index in [0.29, 0.717) is 21.5 Å². The van der Waals surface area contributed by atoms with Gasteiger partial charge in [0, 0.05) is 15.1 Å². The minimum Gasteiger partial charge on any atom is -0.406 e. The van der Waals surface area contributed by atoms with Crippen molar-refractivity contribution in [2.24, 2.45) is 0 Å². The molecule has 0 bridgehead atoms. The van der Waals surface area contributed by atoms with Crippen LogP contribution in [0.1, 0.15) is 50.7 Å². The Kier molecular flexibility index (Phi) is 8.58. The highest BCUT2D eigenvalue weighted by Crippen LogP contribution is 2.29. The number of hydrogen-bond donors (Lipinski definition) is 0. The first-order chi connectivity index (χ1) is 11.9. The lowest BCUT2D eigenvalue weighted by Gasteiger charge is -2.12. The van der Waals surface area contributed by atoms with Gasteiger partial charge in [-0.05, 0) is 59.4 Å². The van der Waals surface area contributed by atoms with Gasteiger partial charge in [-0.2, -0.15) is 0 Å². The van der Waals surface area contributed by atoms with Crippen LogP contribution < -0.4 is 4.74 Å². The molecule has 2 aromatic rings. The molecule has 0 amide bonds. The van der Waals surface area contributed by atoms with Crippen molar-refractivity contribution in [1.82, 2.24) is 0 Å². The minimum absolute atomic E-state index is 0.0966. The number of rotatable bonds is 3. The molecule has 0 heterocycles. The van der Waals surface area contributed by atoms with Gasteiger partial charge in [0.2, 0.25) is 0 Å². The SMILES string of the molecule is CC(C)c1cc(Cl)cc(Cl)c1.CC(C)c1cc(Cl)cc(OC(F)(F)F)c1. The Morgan fingerprint density at radius 3 is 1.46 bits per heavy atom. The first-order valence-electron chi connectivity index (χ1n) is 7.89. The molecule has 0 aromatic heterocycles. The summed E-state index contributed by atoms with van der Waals surface area (Å²) in [5.41, 5.74) is 1.89. The summed E-state index contributed by atoms with van der Waals surface area (Å²) in [5, 5.41) is 1.66. The number of halogens is 6. The second-order valence-electron chi connectivity index (χ2n) is 6.28. The van der Waals surface area contributed by atoms with Crippen LogP contribution in [0.5, 0.6) is 5.75 Å². The fraction of sp³-hybridized carbons (Fsp3) is 0.368. The second-order valence-corrected chi connectivity index (χ2v) is 7.59. The Hall–Kier alpha value is -1.10. The maximum atomic E-state index is 11.9. The number of ether oxygens (including phenoxy) is 1. The summed E-state index contributed by atoms with van der Waals surface area (Å²) in [6, 6.07) is 9.73. The average molecular weight is 428 g/mol. The molecule has 1 nitrogen and oxygen atoms in total. The van der Waals surface area contributed by atoms with Crippen LogP contribution in [-0.4, -0.2) is 6.36 Å². The van der Waals surface area contributed by atoms with Gasteiger partial charge in [-0.1, -0.05) is 62.5 Å². The lowest BCUT2D eigenvalue weighted by molar-refractivity contribution is -0.274. The van der Waals surface area contributed by atoms with Crippen LogP contribution in [0.2, 0.25) is 15.1 Å². The van der Waals surface area contributed by atoms with Gasteiger partial charge in [-0.15, -0.1) is 13.2 Å². The lowest BCUT2D eigenvalue weighted by atomic mass is 10.0. The smallest absolute Gasteiger partial charge is 0.406 e. The Balaban J connectivity index is 0.000000273. The Morgan fingerprint density at radius 1 is 0.692 bits per heavy atom. The monoisotopic (exact) mass is 426 g/mol. The van der Waals surface area contributed by atoms with E-state index in [1.807, 2.05) is 26.0 Å². The molecule has 26 heavy (non-hydrogen) atoms. The maximum Gasteiger partial charge on any atom is 0.573 e. The van der Waals surface area contributed by atoms with Gasteiger partial charge in [-0.25, -0.2) is 0 Å². The number of benzene rings is 2. The molecule has 0 fully saturated rings. The highest BCUT2D eigenvalue weighted by atomic mass is 35.5. The van der Waals surface area contributed by atoms with E-state index < -0.39 is 6.36 Å². The van der Waals surface area contributed by atoms with E-state index in [1.54, 1.807) is 12.1 Å². The highest BCUT2D eigenvalue weighted by Gasteiger charge is 2.31. The molecule has 2 rings (SSSR count). The first-order valence-corrected chi connectivity index (χ1v) is 9.03. The summed E-state index contributed by atoms with van der Waals surface area (Å²) in [6.45, 7) is 7.95. The third-order valence-electron chi connectivity index (χ3n) is 3.35. The molecule has 7 heteroatoms. The zero-order chi connectivity index (χ0) is 20.1. The second kappa shape index (κ2) is 9.72. The molecule has 2 aromatic carbocycles. The van der Waals surface area contributed by atoms with E-state index in [0.717, 1.165) is 6.07 Å². The minimum atomic E-state index is -4.68. The van der Waals surface area contributed by atoms with Crippen molar-refractivity contribution in [3.05, 3.63) is 62.6 Å². The summed E-state index contributed by atoms with van der Waals surface area (Å²) < 4.78 is 39.6. The molecule has 0 saturated heterocycles. The predicted molar refractivity (Wildman–Crippen MR) is 103 cm³/mol. The molecule has 0 radical (unpaired) electrons. The van der Waals surface area contributed by atoms with E-state index in [9.17, 15) is 13.2 Å². The Morgan fingerprint density at radius 2 is 1.08 bits per heavy atom. The van der Waals surface area contributed by atoms with E-state index in [-0.39, 0.29) is 16.7 Å². The molecule has 144 valence electrons. The molecule has 0 unspecified atom stereocenters. The number of alkyl halides is 3. The van der Waals surface area contributed by atoms with Crippen LogP contribution in [0.25, 0.3) is 0 Å². The van der Waals surface area contributed by atoms with Gasteiger partial charge >= 0.3 is 6.36 Å². The zero-order valence-corrected chi connectivity index (χ0v) is 17.1. The van der Waals surface area contributed by atoms with Crippen molar-refractivity contribution < 1.29 is 17.9 Å². The van der Waals surface area contributed by atoms with Crippen molar-refractivity contribution in [2.75, 3.05) is 0 Å². The third-order valence-corrected chi connectivity index (χ3v) is 4.00. The quantitative estimate of drug-likeness (QED) is 0.477. The number of hydrogen-bond acceptors (Lipinski definition) is 1. The van der Waals surface area contributed by atoms with Crippen molar-refractivity contribution in [1.29, 1.82) is 0 Å². The Labute approximate surface area is 167 Å².